The quantitative estimate of drug-likeness (QED) is 0.739. The largest absolute Gasteiger partial charge is 0.356 e. The number of hydrogen-bond acceptors (Lipinski definition) is 5. The molecule has 0 unspecified atom stereocenters. The van der Waals surface area contributed by atoms with Gasteiger partial charge < -0.3 is 4.90 Å². The molecule has 4 heterocycles. The van der Waals surface area contributed by atoms with Crippen molar-refractivity contribution in [2.45, 2.75) is 85.9 Å². The van der Waals surface area contributed by atoms with E-state index in [1.807, 2.05) is 0 Å². The van der Waals surface area contributed by atoms with Crippen molar-refractivity contribution >= 4 is 5.82 Å². The van der Waals surface area contributed by atoms with Crippen LogP contribution >= 0.6 is 0 Å². The lowest BCUT2D eigenvalue weighted by Gasteiger charge is -2.32. The molecule has 6 heteroatoms. The van der Waals surface area contributed by atoms with Gasteiger partial charge in [-0.25, -0.2) is 9.97 Å². The van der Waals surface area contributed by atoms with Crippen LogP contribution in [0.5, 0.6) is 0 Å². The highest BCUT2D eigenvalue weighted by atomic mass is 15.3. The van der Waals surface area contributed by atoms with Crippen LogP contribution in [0.4, 0.5) is 5.82 Å². The van der Waals surface area contributed by atoms with Gasteiger partial charge in [-0.15, -0.1) is 0 Å². The van der Waals surface area contributed by atoms with Crippen molar-refractivity contribution in [1.82, 2.24) is 24.6 Å². The van der Waals surface area contributed by atoms with Gasteiger partial charge in [-0.2, -0.15) is 5.10 Å². The molecule has 0 spiro atoms. The number of aryl methyl sites for hydroxylation is 2. The fourth-order valence-corrected chi connectivity index (χ4v) is 4.67. The van der Waals surface area contributed by atoms with Crippen LogP contribution in [0, 0.1) is 13.8 Å². The van der Waals surface area contributed by atoms with Gasteiger partial charge in [0.15, 0.2) is 0 Å². The van der Waals surface area contributed by atoms with Gasteiger partial charge >= 0.3 is 0 Å². The molecule has 2 aromatic rings. The lowest BCUT2D eigenvalue weighted by molar-refractivity contribution is 0.241. The van der Waals surface area contributed by atoms with Gasteiger partial charge in [-0.3, -0.25) is 9.58 Å². The van der Waals surface area contributed by atoms with Crippen LogP contribution in [0.1, 0.15) is 80.0 Å². The molecule has 0 amide bonds. The molecule has 29 heavy (non-hydrogen) atoms. The van der Waals surface area contributed by atoms with Crippen LogP contribution in [0.3, 0.4) is 0 Å². The zero-order chi connectivity index (χ0) is 20.5. The minimum atomic E-state index is 0.370. The van der Waals surface area contributed by atoms with E-state index < -0.39 is 0 Å². The van der Waals surface area contributed by atoms with Gasteiger partial charge in [-0.1, -0.05) is 20.8 Å². The Labute approximate surface area is 175 Å². The molecule has 1 fully saturated rings. The molecule has 2 aliphatic heterocycles. The van der Waals surface area contributed by atoms with Crippen molar-refractivity contribution in [2.75, 3.05) is 24.5 Å². The molecular formula is C23H36N6. The first-order valence-corrected chi connectivity index (χ1v) is 11.4. The van der Waals surface area contributed by atoms with E-state index in [0.29, 0.717) is 5.92 Å². The number of hydrogen-bond donors (Lipinski definition) is 0. The molecule has 0 atom stereocenters. The Morgan fingerprint density at radius 3 is 2.48 bits per heavy atom. The summed E-state index contributed by atoms with van der Waals surface area (Å²) in [5.74, 6) is 2.58. The fraction of sp³-hybridized carbons (Fsp3) is 0.696. The number of aromatic nitrogens is 4. The summed E-state index contributed by atoms with van der Waals surface area (Å²) in [6, 6.07) is 0. The van der Waals surface area contributed by atoms with Crippen molar-refractivity contribution < 1.29 is 0 Å². The molecule has 0 N–H and O–H groups in total. The second-order valence-electron chi connectivity index (χ2n) is 9.01. The van der Waals surface area contributed by atoms with E-state index in [9.17, 15) is 0 Å². The van der Waals surface area contributed by atoms with E-state index in [4.69, 9.17) is 15.1 Å². The van der Waals surface area contributed by atoms with Crippen molar-refractivity contribution in [2.24, 2.45) is 0 Å². The molecule has 0 aliphatic carbocycles. The van der Waals surface area contributed by atoms with E-state index >= 15 is 0 Å². The van der Waals surface area contributed by atoms with Gasteiger partial charge in [0, 0.05) is 68.4 Å². The molecule has 0 bridgehead atoms. The molecule has 1 saturated heterocycles. The summed E-state index contributed by atoms with van der Waals surface area (Å²) in [5.41, 5.74) is 6.52. The maximum Gasteiger partial charge on any atom is 0.137 e. The SMILES string of the molecule is CCCn1nc(C)c(CN2CCc3nc(C(C)C)nc(N4CCCC4)c3C2)c1C. The fourth-order valence-electron chi connectivity index (χ4n) is 4.67. The third-order valence-corrected chi connectivity index (χ3v) is 6.41. The predicted octanol–water partition coefficient (Wildman–Crippen LogP) is 3.98. The summed E-state index contributed by atoms with van der Waals surface area (Å²) in [6.45, 7) is 17.2. The highest BCUT2D eigenvalue weighted by Gasteiger charge is 2.28. The number of rotatable bonds is 6. The number of anilines is 1. The molecular weight excluding hydrogens is 360 g/mol. The summed E-state index contributed by atoms with van der Waals surface area (Å²) < 4.78 is 2.18. The van der Waals surface area contributed by atoms with Gasteiger partial charge in [-0.05, 0) is 33.1 Å². The minimum Gasteiger partial charge on any atom is -0.356 e. The summed E-state index contributed by atoms with van der Waals surface area (Å²) in [7, 11) is 0. The second-order valence-corrected chi connectivity index (χ2v) is 9.01. The van der Waals surface area contributed by atoms with Crippen LogP contribution in [0.2, 0.25) is 0 Å². The predicted molar refractivity (Wildman–Crippen MR) is 117 cm³/mol. The van der Waals surface area contributed by atoms with Crippen LogP contribution < -0.4 is 4.90 Å². The Kier molecular flexibility index (Phi) is 5.91. The highest BCUT2D eigenvalue weighted by molar-refractivity contribution is 5.51. The molecule has 2 aromatic heterocycles. The summed E-state index contributed by atoms with van der Waals surface area (Å²) in [4.78, 5) is 15.1. The average Bonchev–Trinajstić information content (AvgIpc) is 3.32. The molecule has 6 nitrogen and oxygen atoms in total. The van der Waals surface area contributed by atoms with E-state index in [1.54, 1.807) is 0 Å². The summed E-state index contributed by atoms with van der Waals surface area (Å²) in [5, 5.41) is 4.78. The van der Waals surface area contributed by atoms with E-state index in [-0.39, 0.29) is 0 Å². The Hall–Kier alpha value is -1.95. The maximum absolute atomic E-state index is 5.04. The van der Waals surface area contributed by atoms with Crippen molar-refractivity contribution in [3.05, 3.63) is 34.0 Å². The highest BCUT2D eigenvalue weighted by Crippen LogP contribution is 2.31. The first kappa shape index (κ1) is 20.3. The smallest absolute Gasteiger partial charge is 0.137 e. The zero-order valence-electron chi connectivity index (χ0n) is 18.8. The third kappa shape index (κ3) is 4.04. The summed E-state index contributed by atoms with van der Waals surface area (Å²) >= 11 is 0. The standard InChI is InChI=1S/C23H36N6/c1-6-10-29-18(5)19(17(4)26-29)14-27-13-9-21-20(15-27)23(28-11-7-8-12-28)25-22(24-21)16(2)3/h16H,6-15H2,1-5H3. The molecule has 4 rings (SSSR count). The Bertz CT molecular complexity index is 863. The number of fused-ring (bicyclic) bond motifs is 1. The van der Waals surface area contributed by atoms with Crippen LogP contribution in [-0.4, -0.2) is 44.3 Å². The molecule has 0 radical (unpaired) electrons. The Morgan fingerprint density at radius 2 is 1.79 bits per heavy atom. The minimum absolute atomic E-state index is 0.370. The monoisotopic (exact) mass is 396 g/mol. The van der Waals surface area contributed by atoms with Crippen LogP contribution in [-0.2, 0) is 26.1 Å². The van der Waals surface area contributed by atoms with Crippen molar-refractivity contribution in [1.29, 1.82) is 0 Å². The maximum atomic E-state index is 5.04. The first-order chi connectivity index (χ1) is 14.0. The number of nitrogens with zero attached hydrogens (tertiary/aromatic N) is 6. The molecule has 0 aromatic carbocycles. The molecule has 0 saturated carbocycles. The van der Waals surface area contributed by atoms with Gasteiger partial charge in [0.2, 0.25) is 0 Å². The third-order valence-electron chi connectivity index (χ3n) is 6.41. The Balaban J connectivity index is 1.61. The topological polar surface area (TPSA) is 50.1 Å². The van der Waals surface area contributed by atoms with E-state index in [2.05, 4.69) is 49.1 Å². The van der Waals surface area contributed by atoms with Gasteiger partial charge in [0.05, 0.1) is 11.4 Å². The van der Waals surface area contributed by atoms with E-state index in [1.165, 1.54) is 46.9 Å². The van der Waals surface area contributed by atoms with Gasteiger partial charge in [0.1, 0.15) is 11.6 Å². The molecule has 158 valence electrons. The summed E-state index contributed by atoms with van der Waals surface area (Å²) in [6.07, 6.45) is 4.68. The van der Waals surface area contributed by atoms with Crippen LogP contribution in [0.25, 0.3) is 0 Å². The van der Waals surface area contributed by atoms with Gasteiger partial charge in [0.25, 0.3) is 0 Å². The van der Waals surface area contributed by atoms with Crippen LogP contribution in [0.15, 0.2) is 0 Å². The lowest BCUT2D eigenvalue weighted by atomic mass is 10.0. The Morgan fingerprint density at radius 1 is 1.03 bits per heavy atom. The second kappa shape index (κ2) is 8.42. The van der Waals surface area contributed by atoms with E-state index in [0.717, 1.165) is 57.9 Å². The molecule has 2 aliphatic rings. The normalized spacial score (nSPS) is 17.4. The first-order valence-electron chi connectivity index (χ1n) is 11.4. The zero-order valence-corrected chi connectivity index (χ0v) is 18.8. The van der Waals surface area contributed by atoms with Crippen molar-refractivity contribution in [3.8, 4) is 0 Å². The average molecular weight is 397 g/mol. The lowest BCUT2D eigenvalue weighted by Crippen LogP contribution is -2.34. The van der Waals surface area contributed by atoms with Crippen molar-refractivity contribution in [3.63, 3.8) is 0 Å².